The topological polar surface area (TPSA) is 86.1 Å². The van der Waals surface area contributed by atoms with Gasteiger partial charge in [0.2, 0.25) is 5.95 Å². The Kier molecular flexibility index (Phi) is 7.17. The lowest BCUT2D eigenvalue weighted by Crippen LogP contribution is -2.34. The van der Waals surface area contributed by atoms with Gasteiger partial charge in [-0.05, 0) is 18.4 Å². The number of nitrogens with zero attached hydrogens (tertiary/aromatic N) is 4. The van der Waals surface area contributed by atoms with Crippen LogP contribution in [-0.2, 0) is 16.5 Å². The van der Waals surface area contributed by atoms with Crippen LogP contribution in [0.15, 0.2) is 18.6 Å². The standard InChI is InChI=1S/C14H17ClN6O2.C3H8S/c1-21-6-8(4-17-21)18-14-16-5-9(15)13(20-14)19-10-7-23-11-2-3-22-12(10)11;1-3-4-2/h4-6,10-12H,2-3,7H2,1H3,(H2,16,18,19,20);3H2,1-2H3. The zero-order valence-electron chi connectivity index (χ0n) is 15.7. The first-order chi connectivity index (χ1) is 13.1. The van der Waals surface area contributed by atoms with Gasteiger partial charge in [0.15, 0.2) is 5.82 Å². The molecule has 2 fully saturated rings. The van der Waals surface area contributed by atoms with Crippen molar-refractivity contribution in [2.75, 3.05) is 35.9 Å². The molecular weight excluding hydrogens is 388 g/mol. The van der Waals surface area contributed by atoms with E-state index in [1.165, 1.54) is 5.75 Å². The van der Waals surface area contributed by atoms with Crippen LogP contribution in [0.4, 0.5) is 17.5 Å². The second-order valence-corrected chi connectivity index (χ2v) is 7.80. The predicted molar refractivity (Wildman–Crippen MR) is 109 cm³/mol. The molecule has 2 N–H and O–H groups in total. The Hall–Kier alpha value is -1.55. The zero-order chi connectivity index (χ0) is 19.2. The fraction of sp³-hybridized carbons (Fsp3) is 0.588. The average Bonchev–Trinajstić information content (AvgIpc) is 3.37. The molecule has 4 heterocycles. The van der Waals surface area contributed by atoms with Gasteiger partial charge < -0.3 is 20.1 Å². The molecule has 0 aliphatic carbocycles. The third-order valence-electron chi connectivity index (χ3n) is 4.28. The van der Waals surface area contributed by atoms with Crippen LogP contribution < -0.4 is 10.6 Å². The largest absolute Gasteiger partial charge is 0.373 e. The molecule has 2 saturated heterocycles. The van der Waals surface area contributed by atoms with E-state index in [4.69, 9.17) is 21.1 Å². The lowest BCUT2D eigenvalue weighted by atomic mass is 10.1. The van der Waals surface area contributed by atoms with Gasteiger partial charge in [0.05, 0.1) is 36.8 Å². The summed E-state index contributed by atoms with van der Waals surface area (Å²) in [6.07, 6.45) is 8.36. The Bertz CT molecular complexity index is 744. The third kappa shape index (κ3) is 5.25. The van der Waals surface area contributed by atoms with Gasteiger partial charge in [-0.25, -0.2) is 4.98 Å². The summed E-state index contributed by atoms with van der Waals surface area (Å²) in [5, 5.41) is 11.0. The highest BCUT2D eigenvalue weighted by atomic mass is 35.5. The number of hydrogen-bond acceptors (Lipinski definition) is 8. The van der Waals surface area contributed by atoms with Gasteiger partial charge >= 0.3 is 0 Å². The Morgan fingerprint density at radius 2 is 2.19 bits per heavy atom. The molecule has 2 aliphatic heterocycles. The van der Waals surface area contributed by atoms with Crippen molar-refractivity contribution < 1.29 is 9.47 Å². The van der Waals surface area contributed by atoms with Crippen LogP contribution in [-0.4, -0.2) is 63.2 Å². The fourth-order valence-electron chi connectivity index (χ4n) is 2.91. The number of anilines is 3. The fourth-order valence-corrected chi connectivity index (χ4v) is 3.06. The third-order valence-corrected chi connectivity index (χ3v) is 5.14. The molecule has 148 valence electrons. The molecule has 2 aliphatic rings. The Morgan fingerprint density at radius 1 is 1.37 bits per heavy atom. The molecule has 0 radical (unpaired) electrons. The van der Waals surface area contributed by atoms with Crippen molar-refractivity contribution >= 4 is 40.8 Å². The number of fused-ring (bicyclic) bond motifs is 1. The highest BCUT2D eigenvalue weighted by molar-refractivity contribution is 7.98. The summed E-state index contributed by atoms with van der Waals surface area (Å²) in [6, 6.07) is 0.0427. The lowest BCUT2D eigenvalue weighted by Gasteiger charge is -2.19. The van der Waals surface area contributed by atoms with Gasteiger partial charge in [-0.15, -0.1) is 0 Å². The minimum atomic E-state index is 0.0427. The summed E-state index contributed by atoms with van der Waals surface area (Å²) in [7, 11) is 1.85. The molecule has 3 atom stereocenters. The van der Waals surface area contributed by atoms with Gasteiger partial charge in [0.1, 0.15) is 11.1 Å². The predicted octanol–water partition coefficient (Wildman–Crippen LogP) is 2.94. The van der Waals surface area contributed by atoms with Gasteiger partial charge in [0, 0.05) is 19.9 Å². The van der Waals surface area contributed by atoms with E-state index in [-0.39, 0.29) is 18.2 Å². The van der Waals surface area contributed by atoms with E-state index in [2.05, 4.69) is 38.9 Å². The van der Waals surface area contributed by atoms with Crippen molar-refractivity contribution in [2.24, 2.45) is 7.05 Å². The number of ether oxygens (including phenoxy) is 2. The first-order valence-electron chi connectivity index (χ1n) is 8.87. The molecule has 4 rings (SSSR count). The number of aromatic nitrogens is 4. The summed E-state index contributed by atoms with van der Waals surface area (Å²) in [5.41, 5.74) is 0.809. The Morgan fingerprint density at radius 3 is 2.89 bits per heavy atom. The summed E-state index contributed by atoms with van der Waals surface area (Å²) in [6.45, 7) is 3.46. The summed E-state index contributed by atoms with van der Waals surface area (Å²) in [4.78, 5) is 8.63. The van der Waals surface area contributed by atoms with Gasteiger partial charge in [-0.2, -0.15) is 21.8 Å². The summed E-state index contributed by atoms with van der Waals surface area (Å²) >= 11 is 8.07. The van der Waals surface area contributed by atoms with Crippen LogP contribution in [0.2, 0.25) is 5.02 Å². The normalized spacial score (nSPS) is 23.5. The second kappa shape index (κ2) is 9.59. The molecule has 2 aromatic heterocycles. The SMILES string of the molecule is CCSC.Cn1cc(Nc2ncc(Cl)c(NC3COC4CCOC34)n2)cn1. The van der Waals surface area contributed by atoms with E-state index in [0.29, 0.717) is 23.4 Å². The maximum atomic E-state index is 6.21. The smallest absolute Gasteiger partial charge is 0.229 e. The summed E-state index contributed by atoms with van der Waals surface area (Å²) in [5.74, 6) is 2.26. The van der Waals surface area contributed by atoms with Crippen molar-refractivity contribution in [2.45, 2.75) is 31.6 Å². The number of nitrogens with one attached hydrogen (secondary N) is 2. The minimum Gasteiger partial charge on any atom is -0.373 e. The van der Waals surface area contributed by atoms with Gasteiger partial charge in [-0.1, -0.05) is 18.5 Å². The molecule has 0 saturated carbocycles. The Balaban J connectivity index is 0.000000481. The molecular formula is C17H25ClN6O2S. The van der Waals surface area contributed by atoms with Crippen LogP contribution in [0.1, 0.15) is 13.3 Å². The number of rotatable bonds is 5. The minimum absolute atomic E-state index is 0.0427. The maximum absolute atomic E-state index is 6.21. The van der Waals surface area contributed by atoms with Crippen molar-refractivity contribution in [1.29, 1.82) is 0 Å². The number of halogens is 1. The zero-order valence-corrected chi connectivity index (χ0v) is 17.3. The number of thioether (sulfide) groups is 1. The van der Waals surface area contributed by atoms with E-state index in [1.807, 2.05) is 25.0 Å². The molecule has 27 heavy (non-hydrogen) atoms. The summed E-state index contributed by atoms with van der Waals surface area (Å²) < 4.78 is 13.2. The van der Waals surface area contributed by atoms with E-state index in [9.17, 15) is 0 Å². The molecule has 0 spiro atoms. The second-order valence-electron chi connectivity index (χ2n) is 6.24. The van der Waals surface area contributed by atoms with Crippen LogP contribution >= 0.6 is 23.4 Å². The lowest BCUT2D eigenvalue weighted by molar-refractivity contribution is 0.0718. The first kappa shape index (κ1) is 20.2. The van der Waals surface area contributed by atoms with Crippen LogP contribution in [0, 0.1) is 0 Å². The van der Waals surface area contributed by atoms with Gasteiger partial charge in [0.25, 0.3) is 0 Å². The van der Waals surface area contributed by atoms with E-state index in [0.717, 1.165) is 18.7 Å². The molecule has 3 unspecified atom stereocenters. The highest BCUT2D eigenvalue weighted by Crippen LogP contribution is 2.30. The van der Waals surface area contributed by atoms with Crippen LogP contribution in [0.3, 0.4) is 0 Å². The van der Waals surface area contributed by atoms with E-state index in [1.54, 1.807) is 17.1 Å². The highest BCUT2D eigenvalue weighted by Gasteiger charge is 2.42. The van der Waals surface area contributed by atoms with Crippen molar-refractivity contribution in [3.63, 3.8) is 0 Å². The number of aryl methyl sites for hydroxylation is 1. The van der Waals surface area contributed by atoms with Gasteiger partial charge in [-0.3, -0.25) is 4.68 Å². The van der Waals surface area contributed by atoms with Crippen molar-refractivity contribution in [3.8, 4) is 0 Å². The molecule has 10 heteroatoms. The maximum Gasteiger partial charge on any atom is 0.229 e. The van der Waals surface area contributed by atoms with Crippen molar-refractivity contribution in [3.05, 3.63) is 23.6 Å². The Labute approximate surface area is 168 Å². The molecule has 8 nitrogen and oxygen atoms in total. The quantitative estimate of drug-likeness (QED) is 0.775. The molecule has 0 bridgehead atoms. The average molecular weight is 413 g/mol. The van der Waals surface area contributed by atoms with Crippen molar-refractivity contribution in [1.82, 2.24) is 19.7 Å². The van der Waals surface area contributed by atoms with E-state index >= 15 is 0 Å². The molecule has 0 amide bonds. The monoisotopic (exact) mass is 412 g/mol. The van der Waals surface area contributed by atoms with E-state index < -0.39 is 0 Å². The van der Waals surface area contributed by atoms with Crippen LogP contribution in [0.5, 0.6) is 0 Å². The van der Waals surface area contributed by atoms with Crippen LogP contribution in [0.25, 0.3) is 0 Å². The first-order valence-corrected chi connectivity index (χ1v) is 10.6. The molecule has 0 aromatic carbocycles. The number of hydrogen-bond donors (Lipinski definition) is 2. The molecule has 2 aromatic rings.